The summed E-state index contributed by atoms with van der Waals surface area (Å²) in [5.74, 6) is 0. The van der Waals surface area contributed by atoms with E-state index in [4.69, 9.17) is 4.84 Å². The van der Waals surface area contributed by atoms with E-state index in [1.165, 1.54) is 16.7 Å². The molecule has 0 fully saturated rings. The quantitative estimate of drug-likeness (QED) is 0.529. The second kappa shape index (κ2) is 7.41. The predicted octanol–water partition coefficient (Wildman–Crippen LogP) is 6.90. The second-order valence-electron chi connectivity index (χ2n) is 8.28. The van der Waals surface area contributed by atoms with Crippen LogP contribution < -0.4 is 0 Å². The molecule has 0 N–H and O–H groups in total. The number of fused-ring (bicyclic) bond motifs is 1. The maximum absolute atomic E-state index is 7.00. The van der Waals surface area contributed by atoms with Crippen LogP contribution in [0.25, 0.3) is 0 Å². The van der Waals surface area contributed by atoms with Crippen LogP contribution in [-0.2, 0) is 21.5 Å². The summed E-state index contributed by atoms with van der Waals surface area (Å²) < 4.78 is 0. The van der Waals surface area contributed by atoms with Gasteiger partial charge in [-0.05, 0) is 56.2 Å². The van der Waals surface area contributed by atoms with Crippen LogP contribution >= 0.6 is 0 Å². The van der Waals surface area contributed by atoms with Gasteiger partial charge in [0.1, 0.15) is 5.60 Å². The molecule has 0 unspecified atom stereocenters. The number of nitrogens with zero attached hydrogens (tertiary/aromatic N) is 1. The van der Waals surface area contributed by atoms with Crippen molar-refractivity contribution < 1.29 is 4.84 Å². The molecule has 1 aliphatic heterocycles. The van der Waals surface area contributed by atoms with Gasteiger partial charge in [-0.3, -0.25) is 4.84 Å². The third-order valence-electron chi connectivity index (χ3n) is 6.84. The van der Waals surface area contributed by atoms with Crippen molar-refractivity contribution in [3.8, 4) is 0 Å². The fraction of sp³-hybridized carbons (Fsp3) is 0.520. The summed E-state index contributed by atoms with van der Waals surface area (Å²) in [6, 6.07) is 19.6. The Morgan fingerprint density at radius 2 is 1.11 bits per heavy atom. The molecule has 2 nitrogen and oxygen atoms in total. The highest BCUT2D eigenvalue weighted by atomic mass is 16.7. The second-order valence-corrected chi connectivity index (χ2v) is 8.28. The van der Waals surface area contributed by atoms with Gasteiger partial charge < -0.3 is 0 Å². The minimum absolute atomic E-state index is 0.0886. The lowest BCUT2D eigenvalue weighted by Gasteiger charge is -2.49. The molecule has 27 heavy (non-hydrogen) atoms. The van der Waals surface area contributed by atoms with E-state index in [1.54, 1.807) is 0 Å². The smallest absolute Gasteiger partial charge is 0.109 e. The number of hydroxylamine groups is 2. The van der Waals surface area contributed by atoms with Crippen molar-refractivity contribution in [2.45, 2.75) is 83.9 Å². The van der Waals surface area contributed by atoms with Gasteiger partial charge in [-0.2, -0.15) is 5.06 Å². The molecule has 0 bridgehead atoms. The molecular formula is C25H35NO. The van der Waals surface area contributed by atoms with Gasteiger partial charge in [0.25, 0.3) is 0 Å². The largest absolute Gasteiger partial charge is 0.286 e. The molecule has 1 aliphatic rings. The molecule has 0 radical (unpaired) electrons. The third kappa shape index (κ3) is 2.94. The van der Waals surface area contributed by atoms with Crippen LogP contribution in [0, 0.1) is 0 Å². The van der Waals surface area contributed by atoms with Crippen molar-refractivity contribution >= 4 is 0 Å². The van der Waals surface area contributed by atoms with Crippen LogP contribution in [0.4, 0.5) is 0 Å². The summed E-state index contributed by atoms with van der Waals surface area (Å²) in [7, 11) is 0. The predicted molar refractivity (Wildman–Crippen MR) is 113 cm³/mol. The first-order chi connectivity index (χ1) is 12.9. The molecule has 0 saturated carbocycles. The van der Waals surface area contributed by atoms with Crippen LogP contribution in [0.1, 0.15) is 83.9 Å². The van der Waals surface area contributed by atoms with Crippen LogP contribution in [0.3, 0.4) is 0 Å². The average molecular weight is 366 g/mol. The van der Waals surface area contributed by atoms with E-state index in [1.807, 2.05) is 0 Å². The van der Waals surface area contributed by atoms with Gasteiger partial charge in [-0.1, -0.05) is 82.3 Å². The van der Waals surface area contributed by atoms with Gasteiger partial charge in [-0.25, -0.2) is 0 Å². The molecule has 0 amide bonds. The first-order valence-corrected chi connectivity index (χ1v) is 10.6. The Bertz CT molecular complexity index is 718. The van der Waals surface area contributed by atoms with Crippen molar-refractivity contribution in [1.82, 2.24) is 5.06 Å². The molecule has 2 heteroatoms. The normalized spacial score (nSPS) is 18.4. The number of hydrogen-bond donors (Lipinski definition) is 0. The van der Waals surface area contributed by atoms with Crippen LogP contribution in [0.15, 0.2) is 54.6 Å². The zero-order valence-corrected chi connectivity index (χ0v) is 17.9. The summed E-state index contributed by atoms with van der Waals surface area (Å²) in [5.41, 5.74) is 3.53. The summed E-state index contributed by atoms with van der Waals surface area (Å²) >= 11 is 0. The average Bonchev–Trinajstić information content (AvgIpc) is 2.94. The minimum atomic E-state index is -0.394. The van der Waals surface area contributed by atoms with Crippen molar-refractivity contribution in [3.05, 3.63) is 71.3 Å². The summed E-state index contributed by atoms with van der Waals surface area (Å²) in [6.07, 6.45) is 4.14. The van der Waals surface area contributed by atoms with E-state index in [-0.39, 0.29) is 11.1 Å². The Hall–Kier alpha value is -1.64. The summed E-state index contributed by atoms with van der Waals surface area (Å²) in [5, 5.41) is 2.40. The maximum Gasteiger partial charge on any atom is 0.109 e. The Kier molecular flexibility index (Phi) is 5.52. The van der Waals surface area contributed by atoms with Crippen LogP contribution in [0.2, 0.25) is 0 Å². The highest BCUT2D eigenvalue weighted by Gasteiger charge is 2.57. The fourth-order valence-corrected chi connectivity index (χ4v) is 5.05. The zero-order chi connectivity index (χ0) is 19.7. The molecule has 2 aromatic rings. The fourth-order valence-electron chi connectivity index (χ4n) is 5.05. The van der Waals surface area contributed by atoms with E-state index in [0.717, 1.165) is 25.7 Å². The molecule has 146 valence electrons. The standard InChI is InChI=1S/C25H35NO/c1-7-24(8-2)21-18-14-15-19-22(21)25(9-3,10-4)26(24)27-23(5,6)20-16-12-11-13-17-20/h11-19H,7-10H2,1-6H3. The Morgan fingerprint density at radius 1 is 0.704 bits per heavy atom. The first kappa shape index (κ1) is 20.1. The lowest BCUT2D eigenvalue weighted by Crippen LogP contribution is -2.53. The van der Waals surface area contributed by atoms with Crippen molar-refractivity contribution in [2.24, 2.45) is 0 Å². The van der Waals surface area contributed by atoms with Gasteiger partial charge in [0.15, 0.2) is 0 Å². The molecular weight excluding hydrogens is 330 g/mol. The van der Waals surface area contributed by atoms with Gasteiger partial charge in [0.2, 0.25) is 0 Å². The van der Waals surface area contributed by atoms with E-state index >= 15 is 0 Å². The van der Waals surface area contributed by atoms with Gasteiger partial charge in [0, 0.05) is 0 Å². The molecule has 0 atom stereocenters. The highest BCUT2D eigenvalue weighted by molar-refractivity contribution is 5.44. The minimum Gasteiger partial charge on any atom is -0.286 e. The van der Waals surface area contributed by atoms with E-state index < -0.39 is 5.60 Å². The monoisotopic (exact) mass is 365 g/mol. The molecule has 1 heterocycles. The SMILES string of the molecule is CCC1(CC)c2ccccc2C(CC)(CC)N1OC(C)(C)c1ccccc1. The molecule has 0 aromatic heterocycles. The molecule has 0 spiro atoms. The van der Waals surface area contributed by atoms with Crippen molar-refractivity contribution in [1.29, 1.82) is 0 Å². The Morgan fingerprint density at radius 3 is 1.52 bits per heavy atom. The number of rotatable bonds is 7. The molecule has 0 aliphatic carbocycles. The zero-order valence-electron chi connectivity index (χ0n) is 17.9. The molecule has 2 aromatic carbocycles. The van der Waals surface area contributed by atoms with Gasteiger partial charge >= 0.3 is 0 Å². The summed E-state index contributed by atoms with van der Waals surface area (Å²) in [4.78, 5) is 7.00. The lowest BCUT2D eigenvalue weighted by molar-refractivity contribution is -0.334. The summed E-state index contributed by atoms with van der Waals surface area (Å²) in [6.45, 7) is 13.6. The topological polar surface area (TPSA) is 12.5 Å². The number of hydrogen-bond acceptors (Lipinski definition) is 2. The Balaban J connectivity index is 2.16. The van der Waals surface area contributed by atoms with Gasteiger partial charge in [0.05, 0.1) is 11.1 Å². The van der Waals surface area contributed by atoms with Crippen molar-refractivity contribution in [3.63, 3.8) is 0 Å². The maximum atomic E-state index is 7.00. The van der Waals surface area contributed by atoms with Crippen LogP contribution in [-0.4, -0.2) is 5.06 Å². The van der Waals surface area contributed by atoms with Crippen molar-refractivity contribution in [2.75, 3.05) is 0 Å². The van der Waals surface area contributed by atoms with E-state index in [2.05, 4.69) is 101 Å². The van der Waals surface area contributed by atoms with E-state index in [9.17, 15) is 0 Å². The van der Waals surface area contributed by atoms with E-state index in [0.29, 0.717) is 0 Å². The van der Waals surface area contributed by atoms with Gasteiger partial charge in [-0.15, -0.1) is 0 Å². The molecule has 0 saturated heterocycles. The highest BCUT2D eigenvalue weighted by Crippen LogP contribution is 2.57. The third-order valence-corrected chi connectivity index (χ3v) is 6.84. The van der Waals surface area contributed by atoms with Crippen LogP contribution in [0.5, 0.6) is 0 Å². The lowest BCUT2D eigenvalue weighted by atomic mass is 9.83. The Labute approximate surface area is 165 Å². The first-order valence-electron chi connectivity index (χ1n) is 10.6. The molecule has 3 rings (SSSR count). The number of benzene rings is 2.